The van der Waals surface area contributed by atoms with Gasteiger partial charge in [0.1, 0.15) is 28.9 Å². The fourth-order valence-electron chi connectivity index (χ4n) is 4.56. The summed E-state index contributed by atoms with van der Waals surface area (Å²) in [7, 11) is 3.33. The highest BCUT2D eigenvalue weighted by Gasteiger charge is 2.26. The second-order valence-electron chi connectivity index (χ2n) is 9.75. The number of fused-ring (bicyclic) bond motifs is 2. The molecule has 9 nitrogen and oxygen atoms in total. The topological polar surface area (TPSA) is 97.2 Å². The molecule has 0 bridgehead atoms. The third-order valence-electron chi connectivity index (χ3n) is 6.55. The highest BCUT2D eigenvalue weighted by molar-refractivity contribution is 7.19. The van der Waals surface area contributed by atoms with Crippen LogP contribution >= 0.6 is 11.3 Å². The van der Waals surface area contributed by atoms with E-state index < -0.39 is 0 Å². The Labute approximate surface area is 234 Å². The maximum absolute atomic E-state index is 13.6. The molecule has 1 saturated heterocycles. The highest BCUT2D eigenvalue weighted by atomic mass is 32.1. The number of hydrogen-bond acceptors (Lipinski definition) is 8. The van der Waals surface area contributed by atoms with Gasteiger partial charge in [-0.05, 0) is 42.0 Å². The Hall–Kier alpha value is -4.53. The zero-order valence-electron chi connectivity index (χ0n) is 21.9. The predicted octanol–water partition coefficient (Wildman–Crippen LogP) is 4.75. The third kappa shape index (κ3) is 5.59. The van der Waals surface area contributed by atoms with E-state index in [2.05, 4.69) is 37.5 Å². The molecule has 0 saturated carbocycles. The van der Waals surface area contributed by atoms with Crippen LogP contribution in [0.3, 0.4) is 0 Å². The molecule has 1 aliphatic rings. The number of thiophene rings is 1. The molecule has 0 aliphatic carbocycles. The van der Waals surface area contributed by atoms with Crippen LogP contribution in [0.15, 0.2) is 61.1 Å². The molecule has 5 aromatic rings. The minimum absolute atomic E-state index is 0.0533. The summed E-state index contributed by atoms with van der Waals surface area (Å²) >= 11 is 1.50. The smallest absolute Gasteiger partial charge is 0.409 e. The summed E-state index contributed by atoms with van der Waals surface area (Å²) in [5, 5.41) is 13.0. The standard InChI is InChI=1S/C29H26FN7O2S/c1-36(2)29(38)39-23-12-21(31-15-23)6-8-24-13-25-27(32-17-33-28(25)40-24)35-22-7-9-26-19(11-22)14-34-37(26)16-18-4-3-5-20(30)10-18/h3-5,7,9-11,13-14,17,21,23,31H,12,15-16H2,1-2H3,(H,32,33,35)/t21-,23-/m1/s1. The lowest BCUT2D eigenvalue weighted by molar-refractivity contribution is 0.0826. The summed E-state index contributed by atoms with van der Waals surface area (Å²) in [6.07, 6.45) is 3.45. The quantitative estimate of drug-likeness (QED) is 0.302. The second-order valence-corrected chi connectivity index (χ2v) is 10.8. The predicted molar refractivity (Wildman–Crippen MR) is 153 cm³/mol. The lowest BCUT2D eigenvalue weighted by Gasteiger charge is -2.15. The number of carbonyl (C=O) groups excluding carboxylic acids is 1. The van der Waals surface area contributed by atoms with Crippen molar-refractivity contribution in [2.75, 3.05) is 26.0 Å². The molecule has 1 aliphatic heterocycles. The average Bonchev–Trinajstić information content (AvgIpc) is 3.66. The number of ether oxygens (including phenoxy) is 1. The van der Waals surface area contributed by atoms with Gasteiger partial charge in [-0.1, -0.05) is 24.0 Å². The first-order valence-electron chi connectivity index (χ1n) is 12.8. The summed E-state index contributed by atoms with van der Waals surface area (Å²) in [5.41, 5.74) is 2.67. The number of nitrogens with one attached hydrogen (secondary N) is 2. The molecule has 1 fully saturated rings. The Morgan fingerprint density at radius 1 is 1.25 bits per heavy atom. The molecular formula is C29H26FN7O2S. The minimum atomic E-state index is -0.347. The van der Waals surface area contributed by atoms with Crippen molar-refractivity contribution in [3.63, 3.8) is 0 Å². The molecule has 6 rings (SSSR count). The van der Waals surface area contributed by atoms with Crippen LogP contribution in [0.1, 0.15) is 16.9 Å². The second kappa shape index (κ2) is 10.9. The van der Waals surface area contributed by atoms with E-state index in [-0.39, 0.29) is 24.1 Å². The first-order valence-corrected chi connectivity index (χ1v) is 13.6. The molecule has 0 unspecified atom stereocenters. The number of aromatic nitrogens is 4. The van der Waals surface area contributed by atoms with Crippen molar-refractivity contribution < 1.29 is 13.9 Å². The summed E-state index contributed by atoms with van der Waals surface area (Å²) < 4.78 is 20.9. The Morgan fingerprint density at radius 2 is 2.15 bits per heavy atom. The molecule has 0 radical (unpaired) electrons. The lowest BCUT2D eigenvalue weighted by atomic mass is 10.2. The number of amides is 1. The molecule has 3 aromatic heterocycles. The van der Waals surface area contributed by atoms with Crippen LogP contribution in [-0.4, -0.2) is 63.5 Å². The maximum atomic E-state index is 13.6. The molecule has 2 atom stereocenters. The summed E-state index contributed by atoms with van der Waals surface area (Å²) in [4.78, 5) is 23.8. The minimum Gasteiger partial charge on any atom is -0.445 e. The van der Waals surface area contributed by atoms with Gasteiger partial charge in [-0.3, -0.25) is 10.00 Å². The van der Waals surface area contributed by atoms with Crippen molar-refractivity contribution in [2.45, 2.75) is 25.1 Å². The Morgan fingerprint density at radius 3 is 3.00 bits per heavy atom. The van der Waals surface area contributed by atoms with Crippen LogP contribution in [0, 0.1) is 17.7 Å². The van der Waals surface area contributed by atoms with Crippen molar-refractivity contribution in [1.29, 1.82) is 0 Å². The number of carbonyl (C=O) groups is 1. The van der Waals surface area contributed by atoms with Gasteiger partial charge >= 0.3 is 6.09 Å². The van der Waals surface area contributed by atoms with Crippen LogP contribution in [0.2, 0.25) is 0 Å². The van der Waals surface area contributed by atoms with E-state index in [1.165, 1.54) is 34.7 Å². The highest BCUT2D eigenvalue weighted by Crippen LogP contribution is 2.30. The fourth-order valence-corrected chi connectivity index (χ4v) is 5.42. The summed E-state index contributed by atoms with van der Waals surface area (Å²) in [6, 6.07) is 14.5. The van der Waals surface area contributed by atoms with Crippen molar-refractivity contribution in [1.82, 2.24) is 30.0 Å². The SMILES string of the molecule is CN(C)C(=O)O[C@H]1CN[C@H](C#Cc2cc3c(Nc4ccc5c(cnn5Cc5cccc(F)c5)c4)ncnc3s2)C1. The molecule has 11 heteroatoms. The van der Waals surface area contributed by atoms with Crippen LogP contribution in [0.5, 0.6) is 0 Å². The Balaban J connectivity index is 1.16. The largest absolute Gasteiger partial charge is 0.445 e. The van der Waals surface area contributed by atoms with Crippen molar-refractivity contribution in [3.8, 4) is 11.8 Å². The van der Waals surface area contributed by atoms with Gasteiger partial charge in [0.15, 0.2) is 0 Å². The Bertz CT molecular complexity index is 1770. The molecule has 40 heavy (non-hydrogen) atoms. The number of rotatable bonds is 5. The van der Waals surface area contributed by atoms with Gasteiger partial charge in [0.05, 0.1) is 34.6 Å². The first-order chi connectivity index (χ1) is 19.4. The first kappa shape index (κ1) is 25.7. The van der Waals surface area contributed by atoms with Crippen LogP contribution in [-0.2, 0) is 11.3 Å². The molecule has 1 amide bonds. The van der Waals surface area contributed by atoms with Crippen molar-refractivity contribution in [2.24, 2.45) is 0 Å². The van der Waals surface area contributed by atoms with Gasteiger partial charge in [0, 0.05) is 38.1 Å². The van der Waals surface area contributed by atoms with E-state index in [9.17, 15) is 9.18 Å². The molecule has 0 spiro atoms. The van der Waals surface area contributed by atoms with Gasteiger partial charge in [0.25, 0.3) is 0 Å². The van der Waals surface area contributed by atoms with E-state index >= 15 is 0 Å². The normalized spacial score (nSPS) is 16.6. The summed E-state index contributed by atoms with van der Waals surface area (Å²) in [6.45, 7) is 1.07. The van der Waals surface area contributed by atoms with E-state index in [0.29, 0.717) is 25.3 Å². The van der Waals surface area contributed by atoms with Gasteiger partial charge in [-0.25, -0.2) is 19.2 Å². The van der Waals surface area contributed by atoms with Crippen LogP contribution in [0.25, 0.3) is 21.1 Å². The van der Waals surface area contributed by atoms with E-state index in [1.54, 1.807) is 26.4 Å². The van der Waals surface area contributed by atoms with Crippen molar-refractivity contribution >= 4 is 50.1 Å². The van der Waals surface area contributed by atoms with Gasteiger partial charge in [-0.15, -0.1) is 11.3 Å². The molecule has 202 valence electrons. The third-order valence-corrected chi connectivity index (χ3v) is 7.51. The molecule has 2 aromatic carbocycles. The fraction of sp³-hybridized carbons (Fsp3) is 0.241. The van der Waals surface area contributed by atoms with Crippen LogP contribution in [0.4, 0.5) is 20.7 Å². The zero-order valence-corrected chi connectivity index (χ0v) is 22.7. The summed E-state index contributed by atoms with van der Waals surface area (Å²) in [5.74, 6) is 6.92. The monoisotopic (exact) mass is 555 g/mol. The maximum Gasteiger partial charge on any atom is 0.409 e. The van der Waals surface area contributed by atoms with E-state index in [4.69, 9.17) is 4.74 Å². The van der Waals surface area contributed by atoms with E-state index in [0.717, 1.165) is 37.2 Å². The number of anilines is 2. The van der Waals surface area contributed by atoms with E-state index in [1.807, 2.05) is 35.0 Å². The van der Waals surface area contributed by atoms with Gasteiger partial charge < -0.3 is 15.0 Å². The number of nitrogens with zero attached hydrogens (tertiary/aromatic N) is 5. The molecular weight excluding hydrogens is 529 g/mol. The number of benzene rings is 2. The average molecular weight is 556 g/mol. The molecule has 4 heterocycles. The number of halogens is 1. The molecule has 2 N–H and O–H groups in total. The van der Waals surface area contributed by atoms with Crippen LogP contribution < -0.4 is 10.6 Å². The van der Waals surface area contributed by atoms with Crippen molar-refractivity contribution in [3.05, 3.63) is 77.3 Å². The zero-order chi connectivity index (χ0) is 27.6. The van der Waals surface area contributed by atoms with Gasteiger partial charge in [0.2, 0.25) is 0 Å². The Kier molecular flexibility index (Phi) is 7.02. The number of hydrogen-bond donors (Lipinski definition) is 2. The lowest BCUT2D eigenvalue weighted by Crippen LogP contribution is -2.29. The van der Waals surface area contributed by atoms with Gasteiger partial charge in [-0.2, -0.15) is 5.10 Å².